The van der Waals surface area contributed by atoms with E-state index in [9.17, 15) is 4.79 Å². The van der Waals surface area contributed by atoms with Crippen molar-refractivity contribution in [3.8, 4) is 17.2 Å². The Labute approximate surface area is 188 Å². The van der Waals surface area contributed by atoms with Crippen molar-refractivity contribution >= 4 is 17.6 Å². The van der Waals surface area contributed by atoms with Gasteiger partial charge in [0.2, 0.25) is 11.7 Å². The summed E-state index contributed by atoms with van der Waals surface area (Å²) in [5.74, 6) is 1.22. The lowest BCUT2D eigenvalue weighted by Crippen LogP contribution is -2.37. The van der Waals surface area contributed by atoms with E-state index in [4.69, 9.17) is 18.9 Å². The molecule has 1 atom stereocenters. The Morgan fingerprint density at radius 2 is 1.81 bits per heavy atom. The predicted octanol–water partition coefficient (Wildman–Crippen LogP) is 3.71. The highest BCUT2D eigenvalue weighted by molar-refractivity contribution is 6.10. The molecule has 0 aromatic heterocycles. The van der Waals surface area contributed by atoms with E-state index in [0.717, 1.165) is 36.3 Å². The van der Waals surface area contributed by atoms with Gasteiger partial charge >= 0.3 is 0 Å². The first-order valence-electron chi connectivity index (χ1n) is 10.6. The van der Waals surface area contributed by atoms with Gasteiger partial charge in [0.05, 0.1) is 34.0 Å². The molecule has 8 nitrogen and oxygen atoms in total. The van der Waals surface area contributed by atoms with Crippen LogP contribution in [-0.4, -0.2) is 52.5 Å². The number of nitrogens with one attached hydrogen (secondary N) is 2. The smallest absolute Gasteiger partial charge is 0.258 e. The number of amides is 1. The number of aliphatic imine (C=N–C) groups is 1. The van der Waals surface area contributed by atoms with E-state index in [1.165, 1.54) is 21.3 Å². The van der Waals surface area contributed by atoms with Crippen LogP contribution in [0.2, 0.25) is 0 Å². The standard InChI is InChI=1S/C24H31N3O5/c1-15-8-9-19(16(2)11-15)26-24(25-14-18-7-6-10-32-18)27-23(28)17-12-20(29-3)22(31-5)21(13-17)30-4/h8-9,11-13,18H,6-7,10,14H2,1-5H3,(H2,25,26,27,28)/t18-/m1/s1. The summed E-state index contributed by atoms with van der Waals surface area (Å²) in [5.41, 5.74) is 3.43. The molecule has 8 heteroatoms. The van der Waals surface area contributed by atoms with Crippen LogP contribution in [0.5, 0.6) is 17.2 Å². The average Bonchev–Trinajstić information content (AvgIpc) is 3.31. The number of carbonyl (C=O) groups excluding carboxylic acids is 1. The first-order chi connectivity index (χ1) is 15.4. The molecule has 0 bridgehead atoms. The summed E-state index contributed by atoms with van der Waals surface area (Å²) in [7, 11) is 4.54. The van der Waals surface area contributed by atoms with Gasteiger partial charge in [-0.05, 0) is 50.5 Å². The Morgan fingerprint density at radius 1 is 1.09 bits per heavy atom. The molecule has 172 valence electrons. The lowest BCUT2D eigenvalue weighted by Gasteiger charge is -2.17. The normalized spacial score (nSPS) is 15.9. The molecule has 1 aliphatic rings. The van der Waals surface area contributed by atoms with Crippen molar-refractivity contribution in [3.05, 3.63) is 47.0 Å². The molecule has 0 radical (unpaired) electrons. The Hall–Kier alpha value is -3.26. The van der Waals surface area contributed by atoms with Crippen LogP contribution in [-0.2, 0) is 4.74 Å². The van der Waals surface area contributed by atoms with Crippen LogP contribution in [0.4, 0.5) is 5.69 Å². The van der Waals surface area contributed by atoms with Gasteiger partial charge in [0.25, 0.3) is 5.91 Å². The SMILES string of the molecule is COc1cc(C(=O)NC(=NC[C@H]2CCCO2)Nc2ccc(C)cc2C)cc(OC)c1OC. The van der Waals surface area contributed by atoms with Crippen LogP contribution in [0.3, 0.4) is 0 Å². The number of rotatable bonds is 7. The highest BCUT2D eigenvalue weighted by Gasteiger charge is 2.19. The zero-order valence-corrected chi connectivity index (χ0v) is 19.3. The van der Waals surface area contributed by atoms with E-state index >= 15 is 0 Å². The molecule has 2 aromatic rings. The summed E-state index contributed by atoms with van der Waals surface area (Å²) < 4.78 is 21.7. The summed E-state index contributed by atoms with van der Waals surface area (Å²) in [6.45, 7) is 5.25. The highest BCUT2D eigenvalue weighted by atomic mass is 16.5. The number of benzene rings is 2. The van der Waals surface area contributed by atoms with Gasteiger partial charge in [0.15, 0.2) is 11.5 Å². The van der Waals surface area contributed by atoms with Gasteiger partial charge in [0.1, 0.15) is 0 Å². The maximum atomic E-state index is 13.1. The molecule has 1 fully saturated rings. The number of nitrogens with zero attached hydrogens (tertiary/aromatic N) is 1. The summed E-state index contributed by atoms with van der Waals surface area (Å²) in [6, 6.07) is 9.25. The maximum absolute atomic E-state index is 13.1. The predicted molar refractivity (Wildman–Crippen MR) is 124 cm³/mol. The Bertz CT molecular complexity index is 959. The third-order valence-corrected chi connectivity index (χ3v) is 5.27. The fourth-order valence-electron chi connectivity index (χ4n) is 3.57. The third-order valence-electron chi connectivity index (χ3n) is 5.27. The lowest BCUT2D eigenvalue weighted by atomic mass is 10.1. The van der Waals surface area contributed by atoms with Crippen molar-refractivity contribution in [1.82, 2.24) is 5.32 Å². The Morgan fingerprint density at radius 3 is 2.38 bits per heavy atom. The zero-order chi connectivity index (χ0) is 23.1. The minimum absolute atomic E-state index is 0.0593. The van der Waals surface area contributed by atoms with E-state index < -0.39 is 0 Å². The van der Waals surface area contributed by atoms with Crippen LogP contribution in [0, 0.1) is 13.8 Å². The van der Waals surface area contributed by atoms with Crippen LogP contribution in [0.15, 0.2) is 35.3 Å². The summed E-state index contributed by atoms with van der Waals surface area (Å²) in [6.07, 6.45) is 2.04. The Balaban J connectivity index is 1.86. The molecule has 1 saturated heterocycles. The molecule has 1 aliphatic heterocycles. The van der Waals surface area contributed by atoms with Crippen molar-refractivity contribution in [2.24, 2.45) is 4.99 Å². The minimum Gasteiger partial charge on any atom is -0.493 e. The minimum atomic E-state index is -0.354. The van der Waals surface area contributed by atoms with Gasteiger partial charge in [-0.25, -0.2) is 4.99 Å². The molecule has 32 heavy (non-hydrogen) atoms. The van der Waals surface area contributed by atoms with Crippen molar-refractivity contribution in [2.75, 3.05) is 39.8 Å². The van der Waals surface area contributed by atoms with Crippen LogP contribution in [0.1, 0.15) is 34.3 Å². The maximum Gasteiger partial charge on any atom is 0.258 e. The second kappa shape index (κ2) is 10.9. The molecule has 0 spiro atoms. The summed E-state index contributed by atoms with van der Waals surface area (Å²) in [5, 5.41) is 6.13. The van der Waals surface area contributed by atoms with Crippen molar-refractivity contribution in [3.63, 3.8) is 0 Å². The van der Waals surface area contributed by atoms with Crippen LogP contribution in [0.25, 0.3) is 0 Å². The van der Waals surface area contributed by atoms with Crippen LogP contribution >= 0.6 is 0 Å². The number of hydrogen-bond donors (Lipinski definition) is 2. The first-order valence-corrected chi connectivity index (χ1v) is 10.6. The van der Waals surface area contributed by atoms with Crippen molar-refractivity contribution in [1.29, 1.82) is 0 Å². The number of carbonyl (C=O) groups is 1. The third kappa shape index (κ3) is 5.70. The van der Waals surface area contributed by atoms with Gasteiger partial charge < -0.3 is 24.3 Å². The fraction of sp³-hybridized carbons (Fsp3) is 0.417. The topological polar surface area (TPSA) is 90.4 Å². The van der Waals surface area contributed by atoms with E-state index in [1.54, 1.807) is 12.1 Å². The number of ether oxygens (including phenoxy) is 4. The molecular formula is C24H31N3O5. The van der Waals surface area contributed by atoms with Gasteiger partial charge in [0, 0.05) is 17.9 Å². The van der Waals surface area contributed by atoms with E-state index in [1.807, 2.05) is 26.0 Å². The average molecular weight is 442 g/mol. The second-order valence-electron chi connectivity index (χ2n) is 7.64. The molecule has 3 rings (SSSR count). The van der Waals surface area contributed by atoms with Gasteiger partial charge in [-0.3, -0.25) is 10.1 Å². The van der Waals surface area contributed by atoms with Crippen molar-refractivity contribution in [2.45, 2.75) is 32.8 Å². The van der Waals surface area contributed by atoms with Crippen molar-refractivity contribution < 1.29 is 23.7 Å². The number of hydrogen-bond acceptors (Lipinski definition) is 6. The first kappa shape index (κ1) is 23.4. The molecule has 1 amide bonds. The molecule has 0 saturated carbocycles. The monoisotopic (exact) mass is 441 g/mol. The summed E-state index contributed by atoms with van der Waals surface area (Å²) >= 11 is 0. The number of methoxy groups -OCH3 is 3. The second-order valence-corrected chi connectivity index (χ2v) is 7.64. The van der Waals surface area contributed by atoms with Gasteiger partial charge in [-0.1, -0.05) is 17.7 Å². The molecular weight excluding hydrogens is 410 g/mol. The molecule has 2 N–H and O–H groups in total. The Kier molecular flexibility index (Phi) is 7.94. The quantitative estimate of drug-likeness (QED) is 0.503. The largest absolute Gasteiger partial charge is 0.493 e. The fourth-order valence-corrected chi connectivity index (χ4v) is 3.57. The van der Waals surface area contributed by atoms with E-state index in [2.05, 4.69) is 21.7 Å². The number of guanidine groups is 1. The molecule has 0 unspecified atom stereocenters. The summed E-state index contributed by atoms with van der Waals surface area (Å²) in [4.78, 5) is 17.7. The number of aryl methyl sites for hydroxylation is 2. The molecule has 1 heterocycles. The zero-order valence-electron chi connectivity index (χ0n) is 19.3. The number of anilines is 1. The van der Waals surface area contributed by atoms with E-state index in [0.29, 0.717) is 35.3 Å². The van der Waals surface area contributed by atoms with E-state index in [-0.39, 0.29) is 12.0 Å². The molecule has 2 aromatic carbocycles. The van der Waals surface area contributed by atoms with Gasteiger partial charge in [-0.2, -0.15) is 0 Å². The lowest BCUT2D eigenvalue weighted by molar-refractivity contribution is 0.0974. The molecule has 0 aliphatic carbocycles. The van der Waals surface area contributed by atoms with Gasteiger partial charge in [-0.15, -0.1) is 0 Å². The highest BCUT2D eigenvalue weighted by Crippen LogP contribution is 2.38. The van der Waals surface area contributed by atoms with Crippen LogP contribution < -0.4 is 24.8 Å².